The molecule has 0 aliphatic carbocycles. The highest BCUT2D eigenvalue weighted by Crippen LogP contribution is 2.20. The normalized spacial score (nSPS) is 12.6. The molecule has 0 amide bonds. The molecule has 5 nitrogen and oxygen atoms in total. The van der Waals surface area contributed by atoms with E-state index in [0.717, 1.165) is 0 Å². The van der Waals surface area contributed by atoms with E-state index in [0.29, 0.717) is 5.69 Å². The van der Waals surface area contributed by atoms with E-state index < -0.39 is 29.7 Å². The molecule has 19 heavy (non-hydrogen) atoms. The first-order chi connectivity index (χ1) is 8.66. The Morgan fingerprint density at radius 2 is 2.00 bits per heavy atom. The second kappa shape index (κ2) is 5.25. The van der Waals surface area contributed by atoms with Gasteiger partial charge in [-0.25, -0.2) is 0 Å². The van der Waals surface area contributed by atoms with Gasteiger partial charge in [-0.15, -0.1) is 0 Å². The standard InChI is InChI=1S/C11H11F3N2O3/c1-5-3-6(2)15-10(18)9(5)7(17)4-8(16-19)11(12,13)14/h3,19H,4H2,1-2H3,(H,15,18)/b16-8-. The van der Waals surface area contributed by atoms with Crippen molar-refractivity contribution >= 4 is 11.5 Å². The average molecular weight is 276 g/mol. The number of aromatic nitrogens is 1. The van der Waals surface area contributed by atoms with Gasteiger partial charge in [0.2, 0.25) is 0 Å². The Kier molecular flexibility index (Phi) is 4.13. The van der Waals surface area contributed by atoms with Gasteiger partial charge in [-0.2, -0.15) is 13.2 Å². The van der Waals surface area contributed by atoms with Crippen LogP contribution in [-0.4, -0.2) is 27.9 Å². The molecule has 1 aromatic heterocycles. The van der Waals surface area contributed by atoms with Crippen molar-refractivity contribution in [2.24, 2.45) is 5.16 Å². The highest BCUT2D eigenvalue weighted by molar-refractivity contribution is 6.11. The lowest BCUT2D eigenvalue weighted by Crippen LogP contribution is -2.29. The van der Waals surface area contributed by atoms with Gasteiger partial charge in [0.1, 0.15) is 0 Å². The third-order valence-corrected chi connectivity index (χ3v) is 2.42. The van der Waals surface area contributed by atoms with E-state index in [1.807, 2.05) is 0 Å². The van der Waals surface area contributed by atoms with Crippen molar-refractivity contribution in [3.63, 3.8) is 0 Å². The van der Waals surface area contributed by atoms with Crippen LogP contribution in [-0.2, 0) is 0 Å². The predicted octanol–water partition coefficient (Wildman–Crippen LogP) is 1.96. The molecule has 0 unspecified atom stereocenters. The lowest BCUT2D eigenvalue weighted by Gasteiger charge is -2.09. The molecule has 1 rings (SSSR count). The Labute approximate surface area is 105 Å². The molecule has 0 radical (unpaired) electrons. The summed E-state index contributed by atoms with van der Waals surface area (Å²) in [7, 11) is 0. The van der Waals surface area contributed by atoms with Gasteiger partial charge in [0.25, 0.3) is 5.56 Å². The minimum Gasteiger partial charge on any atom is -0.411 e. The number of aromatic amines is 1. The lowest BCUT2D eigenvalue weighted by atomic mass is 10.0. The Balaban J connectivity index is 3.14. The van der Waals surface area contributed by atoms with Crippen LogP contribution in [0.3, 0.4) is 0 Å². The Bertz CT molecular complexity index is 588. The summed E-state index contributed by atoms with van der Waals surface area (Å²) in [6.45, 7) is 3.03. The summed E-state index contributed by atoms with van der Waals surface area (Å²) in [6, 6.07) is 1.47. The van der Waals surface area contributed by atoms with Gasteiger partial charge in [0.05, 0.1) is 12.0 Å². The molecular formula is C11H11F3N2O3. The quantitative estimate of drug-likeness (QED) is 0.383. The molecule has 1 aromatic rings. The molecule has 104 valence electrons. The van der Waals surface area contributed by atoms with Crippen LogP contribution in [0.1, 0.15) is 28.0 Å². The van der Waals surface area contributed by atoms with E-state index in [1.165, 1.54) is 13.0 Å². The maximum Gasteiger partial charge on any atom is 0.433 e. The second-order valence-corrected chi connectivity index (χ2v) is 3.98. The van der Waals surface area contributed by atoms with E-state index in [4.69, 9.17) is 5.21 Å². The Morgan fingerprint density at radius 3 is 2.42 bits per heavy atom. The number of oxime groups is 1. The molecule has 0 saturated heterocycles. The molecule has 0 saturated carbocycles. The van der Waals surface area contributed by atoms with E-state index in [-0.39, 0.29) is 11.1 Å². The number of hydrogen-bond donors (Lipinski definition) is 2. The smallest absolute Gasteiger partial charge is 0.411 e. The summed E-state index contributed by atoms with van der Waals surface area (Å²) >= 11 is 0. The van der Waals surface area contributed by atoms with Crippen LogP contribution in [0.4, 0.5) is 13.2 Å². The molecular weight excluding hydrogens is 265 g/mol. The van der Waals surface area contributed by atoms with Gasteiger partial charge >= 0.3 is 6.18 Å². The lowest BCUT2D eigenvalue weighted by molar-refractivity contribution is -0.0623. The fourth-order valence-corrected chi connectivity index (χ4v) is 1.63. The topological polar surface area (TPSA) is 82.5 Å². The number of Topliss-reactive ketones (excluding diaryl/α,β-unsaturated/α-hetero) is 1. The van der Waals surface area contributed by atoms with Gasteiger partial charge in [0, 0.05) is 5.69 Å². The second-order valence-electron chi connectivity index (χ2n) is 3.98. The number of alkyl halides is 3. The number of nitrogens with zero attached hydrogens (tertiary/aromatic N) is 1. The highest BCUT2D eigenvalue weighted by atomic mass is 19.4. The van der Waals surface area contributed by atoms with Crippen molar-refractivity contribution in [2.75, 3.05) is 0 Å². The van der Waals surface area contributed by atoms with Crippen LogP contribution in [0.2, 0.25) is 0 Å². The number of halogens is 3. The summed E-state index contributed by atoms with van der Waals surface area (Å²) < 4.78 is 37.0. The molecule has 0 fully saturated rings. The highest BCUT2D eigenvalue weighted by Gasteiger charge is 2.38. The van der Waals surface area contributed by atoms with Crippen molar-refractivity contribution in [1.82, 2.24) is 4.98 Å². The molecule has 2 N–H and O–H groups in total. The number of hydrogen-bond acceptors (Lipinski definition) is 4. The first-order valence-corrected chi connectivity index (χ1v) is 5.18. The molecule has 1 heterocycles. The van der Waals surface area contributed by atoms with Crippen molar-refractivity contribution in [1.29, 1.82) is 0 Å². The van der Waals surface area contributed by atoms with Gasteiger partial charge in [-0.05, 0) is 25.5 Å². The molecule has 0 bridgehead atoms. The predicted molar refractivity (Wildman–Crippen MR) is 60.8 cm³/mol. The third kappa shape index (κ3) is 3.43. The zero-order valence-electron chi connectivity index (χ0n) is 10.1. The van der Waals surface area contributed by atoms with Crippen molar-refractivity contribution in [3.8, 4) is 0 Å². The zero-order valence-corrected chi connectivity index (χ0v) is 10.1. The first-order valence-electron chi connectivity index (χ1n) is 5.18. The summed E-state index contributed by atoms with van der Waals surface area (Å²) in [4.78, 5) is 25.6. The maximum atomic E-state index is 12.3. The van der Waals surface area contributed by atoms with E-state index in [1.54, 1.807) is 6.92 Å². The number of carbonyl (C=O) groups excluding carboxylic acids is 1. The van der Waals surface area contributed by atoms with E-state index >= 15 is 0 Å². The molecule has 8 heteroatoms. The number of carbonyl (C=O) groups is 1. The fraction of sp³-hybridized carbons (Fsp3) is 0.364. The van der Waals surface area contributed by atoms with Crippen molar-refractivity contribution in [3.05, 3.63) is 33.2 Å². The fourth-order valence-electron chi connectivity index (χ4n) is 1.63. The summed E-state index contributed by atoms with van der Waals surface area (Å²) in [5, 5.41) is 10.3. The zero-order chi connectivity index (χ0) is 14.8. The molecule has 0 aliphatic rings. The van der Waals surface area contributed by atoms with Crippen LogP contribution in [0.15, 0.2) is 16.0 Å². The van der Waals surface area contributed by atoms with E-state index in [2.05, 4.69) is 10.1 Å². The van der Waals surface area contributed by atoms with Gasteiger partial charge in [-0.1, -0.05) is 5.16 Å². The maximum absolute atomic E-state index is 12.3. The Morgan fingerprint density at radius 1 is 1.42 bits per heavy atom. The van der Waals surface area contributed by atoms with E-state index in [9.17, 15) is 22.8 Å². The van der Waals surface area contributed by atoms with Gasteiger partial charge in [0.15, 0.2) is 11.5 Å². The van der Waals surface area contributed by atoms with Crippen LogP contribution < -0.4 is 5.56 Å². The van der Waals surface area contributed by atoms with Crippen LogP contribution in [0.25, 0.3) is 0 Å². The van der Waals surface area contributed by atoms with Gasteiger partial charge < -0.3 is 10.2 Å². The molecule has 0 aliphatic heterocycles. The van der Waals surface area contributed by atoms with Crippen LogP contribution in [0, 0.1) is 13.8 Å². The summed E-state index contributed by atoms with van der Waals surface area (Å²) in [6.07, 6.45) is -6.11. The van der Waals surface area contributed by atoms with Crippen LogP contribution in [0.5, 0.6) is 0 Å². The Hall–Kier alpha value is -2.12. The summed E-state index contributed by atoms with van der Waals surface area (Å²) in [5.74, 6) is -1.05. The minimum atomic E-state index is -4.92. The van der Waals surface area contributed by atoms with Crippen molar-refractivity contribution < 1.29 is 23.2 Å². The van der Waals surface area contributed by atoms with Crippen molar-refractivity contribution in [2.45, 2.75) is 26.4 Å². The van der Waals surface area contributed by atoms with Gasteiger partial charge in [-0.3, -0.25) is 9.59 Å². The first kappa shape index (κ1) is 14.9. The number of H-pyrrole nitrogens is 1. The average Bonchev–Trinajstić information content (AvgIpc) is 2.22. The third-order valence-electron chi connectivity index (χ3n) is 2.42. The minimum absolute atomic E-state index is 0.269. The monoisotopic (exact) mass is 276 g/mol. The number of rotatable bonds is 3. The number of nitrogens with one attached hydrogen (secondary N) is 1. The molecule has 0 atom stereocenters. The largest absolute Gasteiger partial charge is 0.433 e. The molecule has 0 aromatic carbocycles. The SMILES string of the molecule is Cc1cc(C)c(C(=O)C/C(=N/O)C(F)(F)F)c(=O)[nH]1. The molecule has 0 spiro atoms. The number of pyridine rings is 1. The van der Waals surface area contributed by atoms with Crippen LogP contribution >= 0.6 is 0 Å². The number of ketones is 1. The number of aryl methyl sites for hydroxylation is 2. The summed E-state index contributed by atoms with van der Waals surface area (Å²) in [5.41, 5.74) is -2.01.